The molecular weight excluding hydrogens is 372 g/mol. The van der Waals surface area contributed by atoms with Crippen LogP contribution in [0.4, 0.5) is 0 Å². The van der Waals surface area contributed by atoms with E-state index in [-0.39, 0.29) is 24.8 Å². The first kappa shape index (κ1) is 18.5. The van der Waals surface area contributed by atoms with Crippen LogP contribution in [0.25, 0.3) is 10.9 Å². The van der Waals surface area contributed by atoms with Crippen LogP contribution in [-0.4, -0.2) is 44.5 Å². The zero-order valence-corrected chi connectivity index (χ0v) is 16.2. The second-order valence-electron chi connectivity index (χ2n) is 7.63. The van der Waals surface area contributed by atoms with E-state index in [1.54, 1.807) is 10.6 Å². The molecular formula is C21H24N4O4. The zero-order chi connectivity index (χ0) is 19.8. The number of aromatic nitrogens is 3. The Morgan fingerprint density at radius 3 is 3.07 bits per heavy atom. The number of likely N-dealkylation sites (tertiary alicyclic amines) is 1. The summed E-state index contributed by atoms with van der Waals surface area (Å²) in [6.45, 7) is 2.87. The van der Waals surface area contributed by atoms with Crippen LogP contribution >= 0.6 is 0 Å². The monoisotopic (exact) mass is 396 g/mol. The van der Waals surface area contributed by atoms with E-state index in [1.165, 1.54) is 0 Å². The van der Waals surface area contributed by atoms with Gasteiger partial charge in [-0.05, 0) is 31.5 Å². The van der Waals surface area contributed by atoms with Gasteiger partial charge in [0.05, 0.1) is 43.3 Å². The van der Waals surface area contributed by atoms with Crippen molar-refractivity contribution < 1.29 is 14.4 Å². The van der Waals surface area contributed by atoms with Crippen LogP contribution in [0.2, 0.25) is 0 Å². The molecule has 2 aromatic heterocycles. The summed E-state index contributed by atoms with van der Waals surface area (Å²) in [5.74, 6) is 1.64. The van der Waals surface area contributed by atoms with Crippen LogP contribution in [0.15, 0.2) is 33.6 Å². The van der Waals surface area contributed by atoms with Gasteiger partial charge in [0.2, 0.25) is 0 Å². The number of nitrogens with zero attached hydrogens (tertiary/aromatic N) is 4. The highest BCUT2D eigenvalue weighted by Gasteiger charge is 2.32. The van der Waals surface area contributed by atoms with Gasteiger partial charge in [-0.1, -0.05) is 17.3 Å². The van der Waals surface area contributed by atoms with Crippen molar-refractivity contribution in [2.75, 3.05) is 19.8 Å². The maximum atomic E-state index is 13.1. The fourth-order valence-electron chi connectivity index (χ4n) is 4.46. The maximum absolute atomic E-state index is 13.1. The summed E-state index contributed by atoms with van der Waals surface area (Å²) in [5.41, 5.74) is 2.56. The van der Waals surface area contributed by atoms with Gasteiger partial charge in [-0.15, -0.1) is 0 Å². The third-order valence-electron chi connectivity index (χ3n) is 5.90. The Labute approximate surface area is 167 Å². The van der Waals surface area contributed by atoms with Gasteiger partial charge in [-0.3, -0.25) is 14.3 Å². The summed E-state index contributed by atoms with van der Waals surface area (Å²) in [7, 11) is 0. The molecule has 1 atom stereocenters. The Morgan fingerprint density at radius 2 is 2.17 bits per heavy atom. The molecule has 0 bridgehead atoms. The van der Waals surface area contributed by atoms with Crippen molar-refractivity contribution in [3.05, 3.63) is 57.5 Å². The third kappa shape index (κ3) is 3.27. The van der Waals surface area contributed by atoms with Crippen molar-refractivity contribution in [1.82, 2.24) is 19.6 Å². The lowest BCUT2D eigenvalue weighted by Gasteiger charge is -2.26. The molecule has 5 rings (SSSR count). The summed E-state index contributed by atoms with van der Waals surface area (Å²) < 4.78 is 12.7. The number of benzene rings is 1. The number of hydrogen-bond acceptors (Lipinski definition) is 7. The first-order chi connectivity index (χ1) is 14.3. The fraction of sp³-hybridized carbons (Fsp3) is 0.476. The van der Waals surface area contributed by atoms with Crippen molar-refractivity contribution in [1.29, 1.82) is 0 Å². The van der Waals surface area contributed by atoms with E-state index in [1.807, 2.05) is 18.2 Å². The number of fused-ring (bicyclic) bond motifs is 2. The number of rotatable bonds is 5. The molecule has 1 unspecified atom stereocenters. The Morgan fingerprint density at radius 1 is 1.28 bits per heavy atom. The summed E-state index contributed by atoms with van der Waals surface area (Å²) in [6, 6.07) is 7.38. The normalized spacial score (nSPS) is 19.7. The first-order valence-electron chi connectivity index (χ1n) is 10.1. The second kappa shape index (κ2) is 7.70. The van der Waals surface area contributed by atoms with Gasteiger partial charge in [-0.2, -0.15) is 0 Å². The summed E-state index contributed by atoms with van der Waals surface area (Å²) in [4.78, 5) is 20.2. The molecule has 2 aliphatic heterocycles. The molecule has 1 fully saturated rings. The molecule has 0 aliphatic carbocycles. The maximum Gasteiger partial charge on any atom is 0.261 e. The van der Waals surface area contributed by atoms with Crippen LogP contribution in [-0.2, 0) is 30.9 Å². The molecule has 0 amide bonds. The molecule has 1 saturated heterocycles. The second-order valence-corrected chi connectivity index (χ2v) is 7.63. The molecule has 1 aromatic carbocycles. The van der Waals surface area contributed by atoms with Crippen molar-refractivity contribution >= 4 is 10.9 Å². The summed E-state index contributed by atoms with van der Waals surface area (Å²) in [6.07, 6.45) is 2.68. The van der Waals surface area contributed by atoms with Gasteiger partial charge < -0.3 is 14.4 Å². The van der Waals surface area contributed by atoms with Crippen molar-refractivity contribution in [2.24, 2.45) is 0 Å². The van der Waals surface area contributed by atoms with Gasteiger partial charge in [0.15, 0.2) is 0 Å². The highest BCUT2D eigenvalue weighted by Crippen LogP contribution is 2.33. The smallest absolute Gasteiger partial charge is 0.261 e. The highest BCUT2D eigenvalue weighted by molar-refractivity contribution is 5.77. The van der Waals surface area contributed by atoms with E-state index in [9.17, 15) is 9.90 Å². The molecule has 2 aliphatic rings. The van der Waals surface area contributed by atoms with Gasteiger partial charge in [-0.25, -0.2) is 4.98 Å². The molecule has 4 heterocycles. The fourth-order valence-corrected chi connectivity index (χ4v) is 4.46. The van der Waals surface area contributed by atoms with E-state index in [0.29, 0.717) is 36.5 Å². The summed E-state index contributed by atoms with van der Waals surface area (Å²) >= 11 is 0. The predicted octanol–water partition coefficient (Wildman–Crippen LogP) is 1.79. The largest absolute Gasteiger partial charge is 0.395 e. The lowest BCUT2D eigenvalue weighted by Crippen LogP contribution is -2.33. The SMILES string of the molecule is O=c1c2ccccc2nc(C2CCCN2Cc2noc3c2COCC3)n1CCO. The van der Waals surface area contributed by atoms with Crippen molar-refractivity contribution in [2.45, 2.75) is 45.0 Å². The van der Waals surface area contributed by atoms with Gasteiger partial charge >= 0.3 is 0 Å². The van der Waals surface area contributed by atoms with Crippen LogP contribution in [0.1, 0.15) is 41.7 Å². The molecule has 29 heavy (non-hydrogen) atoms. The predicted molar refractivity (Wildman–Crippen MR) is 105 cm³/mol. The Balaban J connectivity index is 1.52. The highest BCUT2D eigenvalue weighted by atomic mass is 16.5. The van der Waals surface area contributed by atoms with E-state index >= 15 is 0 Å². The molecule has 0 spiro atoms. The number of ether oxygens (including phenoxy) is 1. The van der Waals surface area contributed by atoms with E-state index in [2.05, 4.69) is 10.1 Å². The van der Waals surface area contributed by atoms with Crippen LogP contribution < -0.4 is 5.56 Å². The Bertz CT molecular complexity index is 1090. The van der Waals surface area contributed by atoms with Crippen LogP contribution in [0.5, 0.6) is 0 Å². The van der Waals surface area contributed by atoms with Gasteiger partial charge in [0.25, 0.3) is 5.56 Å². The Hall–Kier alpha value is -2.55. The minimum Gasteiger partial charge on any atom is -0.395 e. The lowest BCUT2D eigenvalue weighted by molar-refractivity contribution is 0.102. The minimum atomic E-state index is -0.103. The van der Waals surface area contributed by atoms with E-state index in [0.717, 1.165) is 42.8 Å². The molecule has 3 aromatic rings. The van der Waals surface area contributed by atoms with Crippen LogP contribution in [0, 0.1) is 0 Å². The number of para-hydroxylation sites is 1. The van der Waals surface area contributed by atoms with Gasteiger partial charge in [0, 0.05) is 18.5 Å². The van der Waals surface area contributed by atoms with Gasteiger partial charge in [0.1, 0.15) is 17.3 Å². The molecule has 0 saturated carbocycles. The standard InChI is InChI=1S/C21H24N4O4/c26-10-9-25-20(22-16-5-2-1-4-14(16)21(25)27)18-6-3-8-24(18)12-17-15-13-28-11-7-19(15)29-23-17/h1-2,4-5,18,26H,3,6-13H2. The zero-order valence-electron chi connectivity index (χ0n) is 16.2. The molecule has 0 radical (unpaired) electrons. The van der Waals surface area contributed by atoms with Crippen molar-refractivity contribution in [3.8, 4) is 0 Å². The van der Waals surface area contributed by atoms with E-state index in [4.69, 9.17) is 14.2 Å². The number of aliphatic hydroxyl groups is 1. The number of hydrogen-bond donors (Lipinski definition) is 1. The van der Waals surface area contributed by atoms with E-state index < -0.39 is 0 Å². The Kier molecular flexibility index (Phi) is 4.91. The average Bonchev–Trinajstić information content (AvgIpc) is 3.38. The molecule has 8 heteroatoms. The topological polar surface area (TPSA) is 93.6 Å². The molecule has 152 valence electrons. The van der Waals surface area contributed by atoms with Crippen molar-refractivity contribution in [3.63, 3.8) is 0 Å². The molecule has 1 N–H and O–H groups in total. The quantitative estimate of drug-likeness (QED) is 0.703. The summed E-state index contributed by atoms with van der Waals surface area (Å²) in [5, 5.41) is 14.4. The van der Waals surface area contributed by atoms with Crippen LogP contribution in [0.3, 0.4) is 0 Å². The number of aliphatic hydroxyl groups excluding tert-OH is 1. The lowest BCUT2D eigenvalue weighted by atomic mass is 10.1. The third-order valence-corrected chi connectivity index (χ3v) is 5.90. The minimum absolute atomic E-state index is 0.00397. The first-order valence-corrected chi connectivity index (χ1v) is 10.1. The molecule has 8 nitrogen and oxygen atoms in total. The average molecular weight is 396 g/mol.